The summed E-state index contributed by atoms with van der Waals surface area (Å²) in [6.45, 7) is 2.05. The molecular weight excluding hydrogens is 294 g/mol. The molecule has 0 unspecified atom stereocenters. The third kappa shape index (κ3) is 2.72. The molecule has 0 spiro atoms. The molecule has 23 heavy (non-hydrogen) atoms. The Bertz CT molecular complexity index is 841. The average molecular weight is 307 g/mol. The summed E-state index contributed by atoms with van der Waals surface area (Å²) in [6.07, 6.45) is 1.50. The van der Waals surface area contributed by atoms with Crippen LogP contribution in [0.3, 0.4) is 0 Å². The number of benzene rings is 1. The van der Waals surface area contributed by atoms with Gasteiger partial charge >= 0.3 is 6.03 Å². The number of carbonyl (C=O) groups excluding carboxylic acids is 2. The molecule has 1 aliphatic rings. The molecule has 1 N–H and O–H groups in total. The molecule has 1 aliphatic heterocycles. The van der Waals surface area contributed by atoms with Gasteiger partial charge in [0.05, 0.1) is 11.6 Å². The molecule has 0 saturated carbocycles. The first-order valence-electron chi connectivity index (χ1n) is 7.07. The quantitative estimate of drug-likeness (QED) is 0.697. The van der Waals surface area contributed by atoms with Crippen molar-refractivity contribution < 1.29 is 14.0 Å². The standard InChI is InChI=1S/C17H13N3O3/c1-2-20-16(21)14(19-17(20)22)9-13-7-8-15(23-13)12-5-3-11(10-18)4-6-12/h3-9H,2H2,1H3,(H,19,22)/b14-9+. The molecule has 1 aromatic carbocycles. The van der Waals surface area contributed by atoms with E-state index in [1.165, 1.54) is 6.08 Å². The third-order valence-corrected chi connectivity index (χ3v) is 3.49. The molecule has 0 radical (unpaired) electrons. The zero-order valence-electron chi connectivity index (χ0n) is 12.4. The van der Waals surface area contributed by atoms with Crippen LogP contribution in [0, 0.1) is 11.3 Å². The second-order valence-corrected chi connectivity index (χ2v) is 4.93. The van der Waals surface area contributed by atoms with Crippen molar-refractivity contribution in [2.45, 2.75) is 6.92 Å². The zero-order chi connectivity index (χ0) is 16.4. The van der Waals surface area contributed by atoms with Gasteiger partial charge in [-0.15, -0.1) is 0 Å². The van der Waals surface area contributed by atoms with Crippen LogP contribution in [0.4, 0.5) is 4.79 Å². The van der Waals surface area contributed by atoms with Gasteiger partial charge in [-0.25, -0.2) is 4.79 Å². The number of hydrogen-bond donors (Lipinski definition) is 1. The van der Waals surface area contributed by atoms with Crippen molar-refractivity contribution in [3.8, 4) is 17.4 Å². The van der Waals surface area contributed by atoms with E-state index < -0.39 is 6.03 Å². The highest BCUT2D eigenvalue weighted by molar-refractivity contribution is 6.13. The number of imide groups is 1. The van der Waals surface area contributed by atoms with Crippen molar-refractivity contribution >= 4 is 18.0 Å². The number of amides is 3. The molecule has 1 aromatic heterocycles. The summed E-state index contributed by atoms with van der Waals surface area (Å²) in [4.78, 5) is 24.7. The van der Waals surface area contributed by atoms with Crippen LogP contribution in [-0.2, 0) is 4.79 Å². The maximum atomic E-state index is 12.0. The van der Waals surface area contributed by atoms with E-state index in [9.17, 15) is 9.59 Å². The van der Waals surface area contributed by atoms with Crippen LogP contribution < -0.4 is 5.32 Å². The number of urea groups is 1. The highest BCUT2D eigenvalue weighted by atomic mass is 16.3. The van der Waals surface area contributed by atoms with Crippen molar-refractivity contribution in [1.29, 1.82) is 5.26 Å². The molecule has 114 valence electrons. The van der Waals surface area contributed by atoms with E-state index >= 15 is 0 Å². The van der Waals surface area contributed by atoms with Crippen LogP contribution in [0.25, 0.3) is 17.4 Å². The fourth-order valence-corrected chi connectivity index (χ4v) is 2.30. The molecule has 3 amide bonds. The maximum absolute atomic E-state index is 12.0. The van der Waals surface area contributed by atoms with Crippen LogP contribution in [0.1, 0.15) is 18.2 Å². The number of nitriles is 1. The normalized spacial score (nSPS) is 15.8. The van der Waals surface area contributed by atoms with Gasteiger partial charge in [-0.05, 0) is 43.3 Å². The SMILES string of the molecule is CCN1C(=O)N/C(=C/c2ccc(-c3ccc(C#N)cc3)o2)C1=O. The van der Waals surface area contributed by atoms with Crippen molar-refractivity contribution in [3.05, 3.63) is 53.4 Å². The predicted octanol–water partition coefficient (Wildman–Crippen LogP) is 2.73. The van der Waals surface area contributed by atoms with Crippen molar-refractivity contribution in [2.24, 2.45) is 0 Å². The molecule has 3 rings (SSSR count). The summed E-state index contributed by atoms with van der Waals surface area (Å²) in [5.74, 6) is 0.713. The highest BCUT2D eigenvalue weighted by Gasteiger charge is 2.32. The second-order valence-electron chi connectivity index (χ2n) is 4.93. The maximum Gasteiger partial charge on any atom is 0.328 e. The van der Waals surface area contributed by atoms with Gasteiger partial charge < -0.3 is 9.73 Å². The number of furan rings is 1. The summed E-state index contributed by atoms with van der Waals surface area (Å²) < 4.78 is 5.68. The smallest absolute Gasteiger partial charge is 0.328 e. The summed E-state index contributed by atoms with van der Waals surface area (Å²) in [5, 5.41) is 11.3. The van der Waals surface area contributed by atoms with Gasteiger partial charge in [0.25, 0.3) is 5.91 Å². The average Bonchev–Trinajstić information content (AvgIpc) is 3.13. The number of carbonyl (C=O) groups is 2. The Kier molecular flexibility index (Phi) is 3.69. The third-order valence-electron chi connectivity index (χ3n) is 3.49. The summed E-state index contributed by atoms with van der Waals surface area (Å²) in [7, 11) is 0. The lowest BCUT2D eigenvalue weighted by molar-refractivity contribution is -0.122. The second kappa shape index (κ2) is 5.81. The fraction of sp³-hybridized carbons (Fsp3) is 0.118. The number of nitrogens with one attached hydrogen (secondary N) is 1. The monoisotopic (exact) mass is 307 g/mol. The van der Waals surface area contributed by atoms with Crippen molar-refractivity contribution in [2.75, 3.05) is 6.54 Å². The van der Waals surface area contributed by atoms with Crippen LogP contribution in [0.15, 0.2) is 46.5 Å². The number of nitrogens with zero attached hydrogens (tertiary/aromatic N) is 2. The van der Waals surface area contributed by atoms with Gasteiger partial charge in [0.1, 0.15) is 17.2 Å². The van der Waals surface area contributed by atoms with E-state index in [1.54, 1.807) is 43.3 Å². The number of hydrogen-bond acceptors (Lipinski definition) is 4. The van der Waals surface area contributed by atoms with Gasteiger partial charge in [0.15, 0.2) is 0 Å². The van der Waals surface area contributed by atoms with Gasteiger partial charge in [0.2, 0.25) is 0 Å². The lowest BCUT2D eigenvalue weighted by atomic mass is 10.1. The fourth-order valence-electron chi connectivity index (χ4n) is 2.30. The van der Waals surface area contributed by atoms with E-state index in [4.69, 9.17) is 9.68 Å². The lowest BCUT2D eigenvalue weighted by Gasteiger charge is -2.05. The summed E-state index contributed by atoms with van der Waals surface area (Å²) >= 11 is 0. The molecule has 6 heteroatoms. The predicted molar refractivity (Wildman–Crippen MR) is 82.8 cm³/mol. The van der Waals surface area contributed by atoms with E-state index in [0.29, 0.717) is 23.6 Å². The van der Waals surface area contributed by atoms with Crippen molar-refractivity contribution in [1.82, 2.24) is 10.2 Å². The first kappa shape index (κ1) is 14.6. The Labute approximate surface area is 132 Å². The highest BCUT2D eigenvalue weighted by Crippen LogP contribution is 2.24. The van der Waals surface area contributed by atoms with E-state index in [1.807, 2.05) is 0 Å². The lowest BCUT2D eigenvalue weighted by Crippen LogP contribution is -2.30. The first-order valence-corrected chi connectivity index (χ1v) is 7.07. The zero-order valence-corrected chi connectivity index (χ0v) is 12.4. The number of rotatable bonds is 3. The minimum Gasteiger partial charge on any atom is -0.457 e. The topological polar surface area (TPSA) is 86.3 Å². The van der Waals surface area contributed by atoms with Crippen LogP contribution in [0.2, 0.25) is 0 Å². The van der Waals surface area contributed by atoms with E-state index in [-0.39, 0.29) is 11.6 Å². The molecular formula is C17H13N3O3. The Morgan fingerprint density at radius 3 is 2.57 bits per heavy atom. The minimum absolute atomic E-state index is 0.192. The first-order chi connectivity index (χ1) is 11.1. The molecule has 6 nitrogen and oxygen atoms in total. The van der Waals surface area contributed by atoms with Crippen LogP contribution >= 0.6 is 0 Å². The van der Waals surface area contributed by atoms with Crippen molar-refractivity contribution in [3.63, 3.8) is 0 Å². The molecule has 0 bridgehead atoms. The Balaban J connectivity index is 1.85. The van der Waals surface area contributed by atoms with E-state index in [0.717, 1.165) is 10.5 Å². The molecule has 0 atom stereocenters. The minimum atomic E-state index is -0.428. The Hall–Kier alpha value is -3.33. The van der Waals surface area contributed by atoms with Crippen LogP contribution in [-0.4, -0.2) is 23.4 Å². The van der Waals surface area contributed by atoms with Crippen LogP contribution in [0.5, 0.6) is 0 Å². The summed E-state index contributed by atoms with van der Waals surface area (Å²) in [5.41, 5.74) is 1.59. The Morgan fingerprint density at radius 1 is 1.22 bits per heavy atom. The Morgan fingerprint density at radius 2 is 1.96 bits per heavy atom. The molecule has 0 aliphatic carbocycles. The van der Waals surface area contributed by atoms with Gasteiger partial charge in [-0.2, -0.15) is 5.26 Å². The largest absolute Gasteiger partial charge is 0.457 e. The number of likely N-dealkylation sites (N-methyl/N-ethyl adjacent to an activating group) is 1. The van der Waals surface area contributed by atoms with Gasteiger partial charge in [0, 0.05) is 18.2 Å². The molecule has 2 heterocycles. The molecule has 1 saturated heterocycles. The van der Waals surface area contributed by atoms with Gasteiger partial charge in [-0.1, -0.05) is 0 Å². The summed E-state index contributed by atoms with van der Waals surface area (Å²) in [6, 6.07) is 12.1. The molecule has 1 fully saturated rings. The van der Waals surface area contributed by atoms with Gasteiger partial charge in [-0.3, -0.25) is 9.69 Å². The molecule has 2 aromatic rings. The van der Waals surface area contributed by atoms with E-state index in [2.05, 4.69) is 11.4 Å².